The number of guanidine groups is 1. The topological polar surface area (TPSA) is 74.8 Å². The summed E-state index contributed by atoms with van der Waals surface area (Å²) in [6.07, 6.45) is 2.92. The number of hydrogen-bond acceptors (Lipinski definition) is 3. The average Bonchev–Trinajstić information content (AvgIpc) is 3.47. The quantitative estimate of drug-likeness (QED) is 0.199. The van der Waals surface area contributed by atoms with Crippen molar-refractivity contribution in [3.8, 4) is 5.75 Å². The van der Waals surface area contributed by atoms with E-state index in [4.69, 9.17) is 4.74 Å². The zero-order valence-electron chi connectivity index (χ0n) is 17.6. The van der Waals surface area contributed by atoms with E-state index in [1.807, 2.05) is 6.92 Å². The molecule has 0 radical (unpaired) electrons. The normalized spacial score (nSPS) is 13.5. The summed E-state index contributed by atoms with van der Waals surface area (Å²) in [5.41, 5.74) is 3.68. The molecule has 3 N–H and O–H groups in total. The molecule has 2 rings (SSSR count). The maximum absolute atomic E-state index is 11.6. The highest BCUT2D eigenvalue weighted by Gasteiger charge is 2.28. The lowest BCUT2D eigenvalue weighted by atomic mass is 10.1. The van der Waals surface area contributed by atoms with Gasteiger partial charge in [0.25, 0.3) is 0 Å². The van der Waals surface area contributed by atoms with Crippen molar-refractivity contribution < 1.29 is 9.53 Å². The molecule has 7 heteroatoms. The maximum atomic E-state index is 11.6. The Balaban J connectivity index is 0.00000392. The number of ether oxygens (including phenoxy) is 1. The van der Waals surface area contributed by atoms with Gasteiger partial charge >= 0.3 is 0 Å². The van der Waals surface area contributed by atoms with E-state index in [2.05, 4.69) is 53.8 Å². The van der Waals surface area contributed by atoms with E-state index in [0.717, 1.165) is 37.5 Å². The number of hydrogen-bond donors (Lipinski definition) is 3. The Bertz CT molecular complexity index is 660. The second-order valence-electron chi connectivity index (χ2n) is 7.16. The van der Waals surface area contributed by atoms with Crippen molar-refractivity contribution >= 4 is 35.8 Å². The zero-order valence-corrected chi connectivity index (χ0v) is 19.9. The predicted molar refractivity (Wildman–Crippen MR) is 126 cm³/mol. The molecule has 0 aromatic heterocycles. The minimum absolute atomic E-state index is 0. The number of halogens is 1. The Morgan fingerprint density at radius 1 is 1.14 bits per heavy atom. The number of benzene rings is 1. The number of aliphatic imine (C=N–C) groups is 1. The summed E-state index contributed by atoms with van der Waals surface area (Å²) in [5, 5.41) is 9.42. The van der Waals surface area contributed by atoms with Gasteiger partial charge in [0.1, 0.15) is 5.75 Å². The number of carbonyl (C=O) groups is 1. The molecule has 1 fully saturated rings. The van der Waals surface area contributed by atoms with Gasteiger partial charge in [-0.1, -0.05) is 6.07 Å². The van der Waals surface area contributed by atoms with Crippen molar-refractivity contribution in [1.29, 1.82) is 0 Å². The number of carbonyl (C=O) groups excluding carboxylic acids is 1. The Kier molecular flexibility index (Phi) is 11.3. The molecule has 0 aliphatic heterocycles. The van der Waals surface area contributed by atoms with Crippen molar-refractivity contribution in [2.24, 2.45) is 10.9 Å². The van der Waals surface area contributed by atoms with Gasteiger partial charge in [-0.2, -0.15) is 0 Å². The summed E-state index contributed by atoms with van der Waals surface area (Å²) in [7, 11) is 0. The van der Waals surface area contributed by atoms with Crippen LogP contribution in [-0.2, 0) is 4.79 Å². The van der Waals surface area contributed by atoms with Gasteiger partial charge in [-0.05, 0) is 63.3 Å². The van der Waals surface area contributed by atoms with Gasteiger partial charge in [-0.3, -0.25) is 9.79 Å². The third-order valence-electron chi connectivity index (χ3n) is 4.60. The molecule has 0 heterocycles. The molecule has 1 amide bonds. The molecule has 6 nitrogen and oxygen atoms in total. The van der Waals surface area contributed by atoms with Crippen LogP contribution < -0.4 is 20.7 Å². The minimum atomic E-state index is 0. The number of aryl methyl sites for hydroxylation is 2. The molecule has 1 saturated carbocycles. The van der Waals surface area contributed by atoms with Crippen LogP contribution in [0.3, 0.4) is 0 Å². The molecule has 28 heavy (non-hydrogen) atoms. The average molecular weight is 502 g/mol. The van der Waals surface area contributed by atoms with E-state index < -0.39 is 0 Å². The van der Waals surface area contributed by atoms with Crippen molar-refractivity contribution in [2.75, 3.05) is 32.8 Å². The van der Waals surface area contributed by atoms with Gasteiger partial charge in [-0.15, -0.1) is 24.0 Å². The highest BCUT2D eigenvalue weighted by Crippen LogP contribution is 2.28. The molecule has 158 valence electrons. The van der Waals surface area contributed by atoms with E-state index in [0.29, 0.717) is 26.2 Å². The summed E-state index contributed by atoms with van der Waals surface area (Å²) in [6, 6.07) is 4.26. The monoisotopic (exact) mass is 502 g/mol. The molecule has 1 aromatic rings. The molecule has 1 aliphatic rings. The first-order valence-corrected chi connectivity index (χ1v) is 10.0. The Labute approximate surface area is 186 Å². The summed E-state index contributed by atoms with van der Waals surface area (Å²) in [6.45, 7) is 11.8. The van der Waals surface area contributed by atoms with Crippen molar-refractivity contribution in [3.05, 3.63) is 28.8 Å². The van der Waals surface area contributed by atoms with Crippen LogP contribution in [-0.4, -0.2) is 44.7 Å². The van der Waals surface area contributed by atoms with Crippen LogP contribution in [0.5, 0.6) is 5.75 Å². The van der Waals surface area contributed by atoms with E-state index in [9.17, 15) is 4.79 Å². The predicted octanol–water partition coefficient (Wildman–Crippen LogP) is 3.08. The van der Waals surface area contributed by atoms with Crippen LogP contribution in [0.15, 0.2) is 17.1 Å². The first-order valence-electron chi connectivity index (χ1n) is 10.0. The molecular formula is C21H35IN4O2. The van der Waals surface area contributed by atoms with Gasteiger partial charge in [0, 0.05) is 38.5 Å². The Morgan fingerprint density at radius 2 is 1.86 bits per heavy atom. The highest BCUT2D eigenvalue weighted by atomic mass is 127. The van der Waals surface area contributed by atoms with Gasteiger partial charge in [0.2, 0.25) is 5.91 Å². The van der Waals surface area contributed by atoms with Gasteiger partial charge in [-0.25, -0.2) is 0 Å². The van der Waals surface area contributed by atoms with Crippen molar-refractivity contribution in [3.63, 3.8) is 0 Å². The molecule has 1 aliphatic carbocycles. The number of amides is 1. The zero-order chi connectivity index (χ0) is 19.6. The lowest BCUT2D eigenvalue weighted by Crippen LogP contribution is -2.41. The van der Waals surface area contributed by atoms with Gasteiger partial charge in [0.15, 0.2) is 5.96 Å². The lowest BCUT2D eigenvalue weighted by molar-refractivity contribution is -0.122. The van der Waals surface area contributed by atoms with E-state index in [-0.39, 0.29) is 35.8 Å². The summed E-state index contributed by atoms with van der Waals surface area (Å²) in [4.78, 5) is 16.2. The van der Waals surface area contributed by atoms with E-state index in [1.165, 1.54) is 16.7 Å². The van der Waals surface area contributed by atoms with Crippen LogP contribution >= 0.6 is 24.0 Å². The van der Waals surface area contributed by atoms with Crippen LogP contribution in [0.1, 0.15) is 42.9 Å². The number of nitrogens with one attached hydrogen (secondary N) is 3. The van der Waals surface area contributed by atoms with Crippen LogP contribution in [0.2, 0.25) is 0 Å². The Hall–Kier alpha value is -1.51. The second kappa shape index (κ2) is 12.9. The van der Waals surface area contributed by atoms with Gasteiger partial charge in [0.05, 0.1) is 6.61 Å². The fraction of sp³-hybridized carbons (Fsp3) is 0.619. The summed E-state index contributed by atoms with van der Waals surface area (Å²) >= 11 is 0. The number of rotatable bonds is 10. The molecule has 0 unspecified atom stereocenters. The molecule has 0 atom stereocenters. The van der Waals surface area contributed by atoms with Crippen LogP contribution in [0.25, 0.3) is 0 Å². The number of nitrogens with zero attached hydrogens (tertiary/aromatic N) is 1. The summed E-state index contributed by atoms with van der Waals surface area (Å²) < 4.78 is 5.94. The van der Waals surface area contributed by atoms with E-state index in [1.54, 1.807) is 0 Å². The minimum Gasteiger partial charge on any atom is -0.493 e. The molecule has 0 spiro atoms. The first-order chi connectivity index (χ1) is 13.0. The summed E-state index contributed by atoms with van der Waals surface area (Å²) in [5.74, 6) is 2.18. The third kappa shape index (κ3) is 8.67. The fourth-order valence-electron chi connectivity index (χ4n) is 2.79. The molecule has 0 bridgehead atoms. The molecule has 1 aromatic carbocycles. The fourth-order valence-corrected chi connectivity index (χ4v) is 2.79. The maximum Gasteiger partial charge on any atom is 0.223 e. The SMILES string of the molecule is CCNC(=NCCCOc1cc(C)cc(C)c1C)NCCNC(=O)C1CC1.I. The van der Waals surface area contributed by atoms with Gasteiger partial charge < -0.3 is 20.7 Å². The second-order valence-corrected chi connectivity index (χ2v) is 7.16. The van der Waals surface area contributed by atoms with Crippen molar-refractivity contribution in [1.82, 2.24) is 16.0 Å². The van der Waals surface area contributed by atoms with E-state index >= 15 is 0 Å². The third-order valence-corrected chi connectivity index (χ3v) is 4.60. The lowest BCUT2D eigenvalue weighted by Gasteiger charge is -2.13. The van der Waals surface area contributed by atoms with Crippen LogP contribution in [0.4, 0.5) is 0 Å². The molecule has 0 saturated heterocycles. The Morgan fingerprint density at radius 3 is 2.54 bits per heavy atom. The molecular weight excluding hydrogens is 467 g/mol. The van der Waals surface area contributed by atoms with Crippen LogP contribution in [0, 0.1) is 26.7 Å². The first kappa shape index (κ1) is 24.5. The smallest absolute Gasteiger partial charge is 0.223 e. The highest BCUT2D eigenvalue weighted by molar-refractivity contribution is 14.0. The standard InChI is InChI=1S/C21H34N4O2.HI/c1-5-22-21(25-11-10-23-20(26)18-7-8-18)24-9-6-12-27-19-14-15(2)13-16(3)17(19)4;/h13-14,18H,5-12H2,1-4H3,(H,23,26)(H2,22,24,25);1H. The largest absolute Gasteiger partial charge is 0.493 e. The van der Waals surface area contributed by atoms with Crippen molar-refractivity contribution in [2.45, 2.75) is 47.0 Å².